The van der Waals surface area contributed by atoms with Gasteiger partial charge in [-0.25, -0.2) is 4.98 Å². The fourth-order valence-electron chi connectivity index (χ4n) is 4.34. The van der Waals surface area contributed by atoms with Crippen molar-refractivity contribution in [3.05, 3.63) is 76.2 Å². The number of nitrogens with zero attached hydrogens (tertiary/aromatic N) is 4. The lowest BCUT2D eigenvalue weighted by atomic mass is 9.69. The Balaban J connectivity index is 1.71. The third kappa shape index (κ3) is 4.69. The van der Waals surface area contributed by atoms with E-state index in [0.29, 0.717) is 24.6 Å². The lowest BCUT2D eigenvalue weighted by molar-refractivity contribution is -0.122. The van der Waals surface area contributed by atoms with Crippen LogP contribution in [0.4, 0.5) is 11.5 Å². The molecule has 0 unspecified atom stereocenters. The third-order valence-corrected chi connectivity index (χ3v) is 6.44. The molecule has 1 aromatic carbocycles. The van der Waals surface area contributed by atoms with Crippen LogP contribution >= 0.6 is 11.6 Å². The topological polar surface area (TPSA) is 120 Å². The number of aliphatic hydroxyl groups excluding tert-OH is 1. The van der Waals surface area contributed by atoms with Gasteiger partial charge < -0.3 is 20.6 Å². The highest BCUT2D eigenvalue weighted by molar-refractivity contribution is 6.30. The van der Waals surface area contributed by atoms with Crippen LogP contribution in [0.15, 0.2) is 48.7 Å². The predicted octanol–water partition coefficient (Wildman–Crippen LogP) is 2.90. The number of rotatable bonds is 7. The summed E-state index contributed by atoms with van der Waals surface area (Å²) >= 11 is 6.00. The van der Waals surface area contributed by atoms with E-state index in [9.17, 15) is 14.7 Å². The number of carbonyl (C=O) groups excluding carboxylic acids is 2. The summed E-state index contributed by atoms with van der Waals surface area (Å²) in [5.41, 5.74) is 2.09. The number of aliphatic hydroxyl groups is 1. The number of hydrogen-bond donors (Lipinski definition) is 3. The van der Waals surface area contributed by atoms with Crippen LogP contribution in [0.25, 0.3) is 0 Å². The molecule has 0 saturated carbocycles. The highest BCUT2D eigenvalue weighted by Crippen LogP contribution is 2.41. The van der Waals surface area contributed by atoms with Crippen LogP contribution in [0.5, 0.6) is 0 Å². The average Bonchev–Trinajstić information content (AvgIpc) is 2.84. The largest absolute Gasteiger partial charge is 0.390 e. The molecule has 182 valence electrons. The fourth-order valence-corrected chi connectivity index (χ4v) is 4.50. The second-order valence-electron chi connectivity index (χ2n) is 8.81. The molecule has 1 fully saturated rings. The summed E-state index contributed by atoms with van der Waals surface area (Å²) in [6, 6.07) is 12.8. The molecule has 1 saturated heterocycles. The quantitative estimate of drug-likeness (QED) is 0.432. The Hall–Kier alpha value is -3.56. The van der Waals surface area contributed by atoms with Gasteiger partial charge in [-0.05, 0) is 35.2 Å². The Morgan fingerprint density at radius 1 is 1.17 bits per heavy atom. The van der Waals surface area contributed by atoms with Crippen molar-refractivity contribution in [1.29, 1.82) is 0 Å². The Morgan fingerprint density at radius 2 is 1.91 bits per heavy atom. The van der Waals surface area contributed by atoms with Gasteiger partial charge in [0.1, 0.15) is 10.6 Å². The van der Waals surface area contributed by atoms with Gasteiger partial charge in [-0.3, -0.25) is 9.59 Å². The van der Waals surface area contributed by atoms with E-state index in [-0.39, 0.29) is 40.7 Å². The maximum atomic E-state index is 13.9. The molecule has 10 heteroatoms. The first kappa shape index (κ1) is 24.6. The summed E-state index contributed by atoms with van der Waals surface area (Å²) in [5.74, 6) is 0.186. The van der Waals surface area contributed by atoms with E-state index in [0.717, 1.165) is 11.1 Å². The van der Waals surface area contributed by atoms with E-state index >= 15 is 0 Å². The van der Waals surface area contributed by atoms with Crippen LogP contribution in [-0.4, -0.2) is 52.2 Å². The molecule has 35 heavy (non-hydrogen) atoms. The molecule has 0 radical (unpaired) electrons. The van der Waals surface area contributed by atoms with Crippen molar-refractivity contribution in [3.8, 4) is 0 Å². The third-order valence-electron chi connectivity index (χ3n) is 6.24. The van der Waals surface area contributed by atoms with Crippen molar-refractivity contribution in [3.63, 3.8) is 0 Å². The number of hydrogen-bond acceptors (Lipinski definition) is 7. The molecule has 9 nitrogen and oxygen atoms in total. The molecule has 0 bridgehead atoms. The molecule has 3 aromatic rings. The normalized spacial score (nSPS) is 14.4. The van der Waals surface area contributed by atoms with Crippen LogP contribution in [0.2, 0.25) is 5.15 Å². The molecular formula is C25H27ClN6O3. The summed E-state index contributed by atoms with van der Waals surface area (Å²) in [7, 11) is 1.51. The lowest BCUT2D eigenvalue weighted by Crippen LogP contribution is -2.66. The Kier molecular flexibility index (Phi) is 7.00. The summed E-state index contributed by atoms with van der Waals surface area (Å²) in [6.45, 7) is 4.72. The number of pyridine rings is 1. The summed E-state index contributed by atoms with van der Waals surface area (Å²) in [4.78, 5) is 32.3. The number of benzene rings is 1. The lowest BCUT2D eigenvalue weighted by Gasteiger charge is -2.50. The van der Waals surface area contributed by atoms with Gasteiger partial charge in [0.25, 0.3) is 5.91 Å². The minimum absolute atomic E-state index is 0.154. The van der Waals surface area contributed by atoms with Gasteiger partial charge >= 0.3 is 0 Å². The molecule has 1 aliphatic heterocycles. The van der Waals surface area contributed by atoms with E-state index in [1.54, 1.807) is 12.1 Å². The first-order valence-corrected chi connectivity index (χ1v) is 11.6. The Morgan fingerprint density at radius 3 is 2.54 bits per heavy atom. The molecule has 1 aliphatic rings. The average molecular weight is 495 g/mol. The van der Waals surface area contributed by atoms with Crippen molar-refractivity contribution in [2.45, 2.75) is 31.8 Å². The van der Waals surface area contributed by atoms with Crippen LogP contribution in [0, 0.1) is 0 Å². The maximum absolute atomic E-state index is 13.9. The number of amides is 2. The molecule has 0 aliphatic carbocycles. The van der Waals surface area contributed by atoms with Crippen LogP contribution < -0.4 is 15.5 Å². The first-order valence-electron chi connectivity index (χ1n) is 11.3. The highest BCUT2D eigenvalue weighted by Gasteiger charge is 2.52. The van der Waals surface area contributed by atoms with Gasteiger partial charge in [0.2, 0.25) is 5.91 Å². The molecule has 2 aromatic heterocycles. The SMILES string of the molecule is CNC(=O)c1cc(Cl)ncc1NC(=O)C1(c2ccccc2C(C)C)CN(c2ccc(CO)nn2)C1. The van der Waals surface area contributed by atoms with Gasteiger partial charge in [-0.2, -0.15) is 5.10 Å². The highest BCUT2D eigenvalue weighted by atomic mass is 35.5. The first-order chi connectivity index (χ1) is 16.8. The predicted molar refractivity (Wildman–Crippen MR) is 134 cm³/mol. The molecule has 4 rings (SSSR count). The Bertz CT molecular complexity index is 1240. The second kappa shape index (κ2) is 9.97. The number of halogens is 1. The van der Waals surface area contributed by atoms with Gasteiger partial charge in [0.15, 0.2) is 5.82 Å². The summed E-state index contributed by atoms with van der Waals surface area (Å²) in [6.07, 6.45) is 1.39. The molecule has 0 atom stereocenters. The van der Waals surface area contributed by atoms with Gasteiger partial charge in [-0.1, -0.05) is 49.7 Å². The zero-order chi connectivity index (χ0) is 25.2. The second-order valence-corrected chi connectivity index (χ2v) is 9.19. The van der Waals surface area contributed by atoms with Gasteiger partial charge in [-0.15, -0.1) is 5.10 Å². The summed E-state index contributed by atoms with van der Waals surface area (Å²) < 4.78 is 0. The molecule has 0 spiro atoms. The van der Waals surface area contributed by atoms with E-state index in [1.165, 1.54) is 19.3 Å². The number of nitrogens with one attached hydrogen (secondary N) is 2. The van der Waals surface area contributed by atoms with Gasteiger partial charge in [0.05, 0.1) is 29.7 Å². The minimum atomic E-state index is -0.891. The number of carbonyl (C=O) groups is 2. The zero-order valence-electron chi connectivity index (χ0n) is 19.7. The number of aromatic nitrogens is 3. The fraction of sp³-hybridized carbons (Fsp3) is 0.320. The monoisotopic (exact) mass is 494 g/mol. The molecular weight excluding hydrogens is 468 g/mol. The van der Waals surface area contributed by atoms with Gasteiger partial charge in [0, 0.05) is 20.1 Å². The Labute approximate surface area is 208 Å². The summed E-state index contributed by atoms with van der Waals surface area (Å²) in [5, 5.41) is 23.1. The van der Waals surface area contributed by atoms with Crippen molar-refractivity contribution in [2.75, 3.05) is 30.4 Å². The van der Waals surface area contributed by atoms with E-state index < -0.39 is 5.41 Å². The van der Waals surface area contributed by atoms with E-state index in [1.807, 2.05) is 29.2 Å². The molecule has 2 amide bonds. The van der Waals surface area contributed by atoms with Crippen LogP contribution in [0.3, 0.4) is 0 Å². The van der Waals surface area contributed by atoms with E-state index in [2.05, 4.69) is 39.7 Å². The van der Waals surface area contributed by atoms with Crippen molar-refractivity contribution >= 4 is 34.9 Å². The van der Waals surface area contributed by atoms with Crippen molar-refractivity contribution in [1.82, 2.24) is 20.5 Å². The number of anilines is 2. The van der Waals surface area contributed by atoms with Crippen LogP contribution in [-0.2, 0) is 16.8 Å². The van der Waals surface area contributed by atoms with Crippen LogP contribution in [0.1, 0.15) is 46.9 Å². The smallest absolute Gasteiger partial charge is 0.253 e. The standard InChI is InChI=1S/C25H27ClN6O3/c1-15(2)17-6-4-5-7-19(17)25(13-32(14-25)22-9-8-16(12-33)30-31-22)24(35)29-20-11-28-21(26)10-18(20)23(34)27-3/h4-11,15,33H,12-14H2,1-3H3,(H,27,34)(H,29,35). The maximum Gasteiger partial charge on any atom is 0.253 e. The molecule has 3 N–H and O–H groups in total. The van der Waals surface area contributed by atoms with Crippen molar-refractivity contribution < 1.29 is 14.7 Å². The van der Waals surface area contributed by atoms with E-state index in [4.69, 9.17) is 11.6 Å². The molecule has 3 heterocycles. The van der Waals surface area contributed by atoms with Crippen molar-refractivity contribution in [2.24, 2.45) is 0 Å². The zero-order valence-corrected chi connectivity index (χ0v) is 20.5. The minimum Gasteiger partial charge on any atom is -0.390 e.